The highest BCUT2D eigenvalue weighted by atomic mass is 16.2. The second kappa shape index (κ2) is 4.97. The lowest BCUT2D eigenvalue weighted by molar-refractivity contribution is -0.128. The second-order valence-corrected chi connectivity index (χ2v) is 4.96. The van der Waals surface area contributed by atoms with Gasteiger partial charge >= 0.3 is 0 Å². The summed E-state index contributed by atoms with van der Waals surface area (Å²) in [6, 6.07) is 9.87. The molecule has 2 aromatic rings. The first-order valence-corrected chi connectivity index (χ1v) is 6.63. The van der Waals surface area contributed by atoms with Gasteiger partial charge in [0.1, 0.15) is 0 Å². The summed E-state index contributed by atoms with van der Waals surface area (Å²) in [5, 5.41) is 1.14. The Labute approximate surface area is 112 Å². The molecule has 4 nitrogen and oxygen atoms in total. The third-order valence-electron chi connectivity index (χ3n) is 3.71. The summed E-state index contributed by atoms with van der Waals surface area (Å²) >= 11 is 0. The fourth-order valence-corrected chi connectivity index (χ4v) is 2.61. The first-order chi connectivity index (χ1) is 9.25. The zero-order valence-electron chi connectivity index (χ0n) is 10.7. The van der Waals surface area contributed by atoms with Crippen LogP contribution < -0.4 is 5.73 Å². The molecule has 1 aliphatic rings. The molecule has 0 saturated carbocycles. The van der Waals surface area contributed by atoms with Crippen molar-refractivity contribution in [3.05, 3.63) is 42.1 Å². The molecular formula is C15H17N3O. The van der Waals surface area contributed by atoms with Crippen molar-refractivity contribution >= 4 is 16.8 Å². The number of carbonyl (C=O) groups excluding carboxylic acids is 1. The van der Waals surface area contributed by atoms with E-state index in [0.29, 0.717) is 0 Å². The Morgan fingerprint density at radius 1 is 1.32 bits per heavy atom. The highest BCUT2D eigenvalue weighted by Gasteiger charge is 2.27. The number of benzene rings is 1. The number of likely N-dealkylation sites (tertiary alicyclic amines) is 1. The predicted octanol–water partition coefficient (Wildman–Crippen LogP) is 1.34. The number of carbonyl (C=O) groups is 1. The van der Waals surface area contributed by atoms with Crippen LogP contribution in [0, 0.1) is 0 Å². The maximum atomic E-state index is 11.8. The number of nitrogens with two attached hydrogens (primary N) is 1. The van der Waals surface area contributed by atoms with E-state index in [4.69, 9.17) is 5.73 Å². The Kier molecular flexibility index (Phi) is 3.17. The SMILES string of the molecule is NC1CCN(CCc2cccc3cccnc23)C1=O. The number of hydrogen-bond donors (Lipinski definition) is 1. The Hall–Kier alpha value is -1.94. The van der Waals surface area contributed by atoms with E-state index in [1.807, 2.05) is 23.2 Å². The number of pyridine rings is 1. The van der Waals surface area contributed by atoms with Crippen molar-refractivity contribution in [2.24, 2.45) is 5.73 Å². The number of para-hydroxylation sites is 1. The van der Waals surface area contributed by atoms with Crippen molar-refractivity contribution < 1.29 is 4.79 Å². The monoisotopic (exact) mass is 255 g/mol. The maximum absolute atomic E-state index is 11.8. The molecule has 1 amide bonds. The van der Waals surface area contributed by atoms with E-state index in [0.717, 1.165) is 36.8 Å². The van der Waals surface area contributed by atoms with E-state index in [9.17, 15) is 4.79 Å². The van der Waals surface area contributed by atoms with E-state index in [1.54, 1.807) is 0 Å². The summed E-state index contributed by atoms with van der Waals surface area (Å²) in [5.74, 6) is 0.0770. The van der Waals surface area contributed by atoms with Crippen molar-refractivity contribution in [3.8, 4) is 0 Å². The summed E-state index contributed by atoms with van der Waals surface area (Å²) in [6.07, 6.45) is 3.40. The average Bonchev–Trinajstić information content (AvgIpc) is 2.76. The molecule has 0 radical (unpaired) electrons. The second-order valence-electron chi connectivity index (χ2n) is 4.96. The molecule has 0 spiro atoms. The van der Waals surface area contributed by atoms with Crippen LogP contribution in [-0.2, 0) is 11.2 Å². The van der Waals surface area contributed by atoms with Crippen molar-refractivity contribution in [3.63, 3.8) is 0 Å². The van der Waals surface area contributed by atoms with E-state index < -0.39 is 0 Å². The minimum Gasteiger partial charge on any atom is -0.341 e. The quantitative estimate of drug-likeness (QED) is 0.900. The number of rotatable bonds is 3. The predicted molar refractivity (Wildman–Crippen MR) is 74.6 cm³/mol. The van der Waals surface area contributed by atoms with Crippen LogP contribution in [0.5, 0.6) is 0 Å². The molecule has 1 saturated heterocycles. The lowest BCUT2D eigenvalue weighted by Gasteiger charge is -2.16. The van der Waals surface area contributed by atoms with E-state index in [1.165, 1.54) is 5.56 Å². The highest BCUT2D eigenvalue weighted by molar-refractivity contribution is 5.84. The molecule has 2 heterocycles. The Balaban J connectivity index is 1.77. The molecule has 2 N–H and O–H groups in total. The van der Waals surface area contributed by atoms with Gasteiger partial charge < -0.3 is 10.6 Å². The van der Waals surface area contributed by atoms with Gasteiger partial charge in [0.05, 0.1) is 11.6 Å². The molecule has 19 heavy (non-hydrogen) atoms. The maximum Gasteiger partial charge on any atom is 0.239 e. The zero-order valence-corrected chi connectivity index (χ0v) is 10.7. The largest absolute Gasteiger partial charge is 0.341 e. The van der Waals surface area contributed by atoms with Gasteiger partial charge in [-0.05, 0) is 24.5 Å². The van der Waals surface area contributed by atoms with Crippen LogP contribution in [0.15, 0.2) is 36.5 Å². The average molecular weight is 255 g/mol. The van der Waals surface area contributed by atoms with Gasteiger partial charge in [0.15, 0.2) is 0 Å². The van der Waals surface area contributed by atoms with Crippen LogP contribution >= 0.6 is 0 Å². The third-order valence-corrected chi connectivity index (χ3v) is 3.71. The molecule has 1 aliphatic heterocycles. The fourth-order valence-electron chi connectivity index (χ4n) is 2.61. The molecule has 98 valence electrons. The van der Waals surface area contributed by atoms with Crippen LogP contribution in [0.3, 0.4) is 0 Å². The molecule has 0 aliphatic carbocycles. The van der Waals surface area contributed by atoms with Crippen LogP contribution in [0.2, 0.25) is 0 Å². The van der Waals surface area contributed by atoms with E-state index >= 15 is 0 Å². The highest BCUT2D eigenvalue weighted by Crippen LogP contribution is 2.17. The topological polar surface area (TPSA) is 59.2 Å². The lowest BCUT2D eigenvalue weighted by atomic mass is 10.1. The van der Waals surface area contributed by atoms with Crippen molar-refractivity contribution in [2.45, 2.75) is 18.9 Å². The van der Waals surface area contributed by atoms with E-state index in [-0.39, 0.29) is 11.9 Å². The lowest BCUT2D eigenvalue weighted by Crippen LogP contribution is -2.35. The number of nitrogens with zero attached hydrogens (tertiary/aromatic N) is 2. The summed E-state index contributed by atoms with van der Waals surface area (Å²) in [4.78, 5) is 18.1. The van der Waals surface area contributed by atoms with Gasteiger partial charge in [-0.25, -0.2) is 0 Å². The molecule has 1 fully saturated rings. The standard InChI is InChI=1S/C15H17N3O/c16-13-7-10-18(15(13)19)9-6-12-4-1-3-11-5-2-8-17-14(11)12/h1-5,8,13H,6-7,9-10,16H2. The molecular weight excluding hydrogens is 238 g/mol. The molecule has 4 heteroatoms. The molecule has 1 aromatic heterocycles. The summed E-state index contributed by atoms with van der Waals surface area (Å²) in [7, 11) is 0. The van der Waals surface area contributed by atoms with Gasteiger partial charge in [-0.1, -0.05) is 24.3 Å². The van der Waals surface area contributed by atoms with Gasteiger partial charge in [-0.15, -0.1) is 0 Å². The molecule has 1 aromatic carbocycles. The van der Waals surface area contributed by atoms with Crippen LogP contribution in [0.25, 0.3) is 10.9 Å². The minimum absolute atomic E-state index is 0.0770. The number of aromatic nitrogens is 1. The smallest absolute Gasteiger partial charge is 0.239 e. The zero-order chi connectivity index (χ0) is 13.2. The first kappa shape index (κ1) is 12.1. The minimum atomic E-state index is -0.300. The van der Waals surface area contributed by atoms with Crippen molar-refractivity contribution in [1.29, 1.82) is 0 Å². The van der Waals surface area contributed by atoms with Gasteiger partial charge in [0, 0.05) is 24.7 Å². The number of hydrogen-bond acceptors (Lipinski definition) is 3. The van der Waals surface area contributed by atoms with Crippen molar-refractivity contribution in [2.75, 3.05) is 13.1 Å². The van der Waals surface area contributed by atoms with Crippen LogP contribution in [0.4, 0.5) is 0 Å². The summed E-state index contributed by atoms with van der Waals surface area (Å²) in [6.45, 7) is 1.50. The Bertz CT molecular complexity index is 606. The van der Waals surface area contributed by atoms with Crippen LogP contribution in [0.1, 0.15) is 12.0 Å². The number of amides is 1. The summed E-state index contributed by atoms with van der Waals surface area (Å²) < 4.78 is 0. The summed E-state index contributed by atoms with van der Waals surface area (Å²) in [5.41, 5.74) is 7.94. The van der Waals surface area contributed by atoms with Crippen molar-refractivity contribution in [1.82, 2.24) is 9.88 Å². The fraction of sp³-hybridized carbons (Fsp3) is 0.333. The van der Waals surface area contributed by atoms with E-state index in [2.05, 4.69) is 23.2 Å². The number of fused-ring (bicyclic) bond motifs is 1. The molecule has 1 atom stereocenters. The van der Waals surface area contributed by atoms with Gasteiger partial charge in [0.25, 0.3) is 0 Å². The van der Waals surface area contributed by atoms with Crippen LogP contribution in [-0.4, -0.2) is 34.9 Å². The third kappa shape index (κ3) is 2.31. The molecule has 1 unspecified atom stereocenters. The molecule has 3 rings (SSSR count). The Morgan fingerprint density at radius 2 is 2.16 bits per heavy atom. The normalized spacial score (nSPS) is 19.3. The molecule has 0 bridgehead atoms. The first-order valence-electron chi connectivity index (χ1n) is 6.63. The Morgan fingerprint density at radius 3 is 2.95 bits per heavy atom. The van der Waals surface area contributed by atoms with Gasteiger partial charge in [0.2, 0.25) is 5.91 Å². The van der Waals surface area contributed by atoms with Gasteiger partial charge in [-0.3, -0.25) is 9.78 Å². The van der Waals surface area contributed by atoms with Gasteiger partial charge in [-0.2, -0.15) is 0 Å².